The average molecular weight is 502 g/mol. The molecule has 0 fully saturated rings. The van der Waals surface area contributed by atoms with E-state index < -0.39 is 0 Å². The molecule has 2 atom stereocenters. The van der Waals surface area contributed by atoms with Gasteiger partial charge in [-0.05, 0) is 36.3 Å². The van der Waals surface area contributed by atoms with Crippen molar-refractivity contribution in [2.24, 2.45) is 5.92 Å². The highest BCUT2D eigenvalue weighted by atomic mass is 15.1. The maximum atomic E-state index is 2.50. The van der Waals surface area contributed by atoms with Crippen LogP contribution in [0.1, 0.15) is 115 Å². The molecular weight excluding hydrogens is 448 g/mol. The molecule has 3 aromatic rings. The molecule has 0 aliphatic carbocycles. The van der Waals surface area contributed by atoms with Crippen LogP contribution in [0.15, 0.2) is 79.4 Å². The largest absolute Gasteiger partial charge is 0.244 e. The highest BCUT2D eigenvalue weighted by molar-refractivity contribution is 5.31. The summed E-state index contributed by atoms with van der Waals surface area (Å²) in [6.07, 6.45) is 23.3. The molecule has 0 aliphatic heterocycles. The first-order chi connectivity index (χ1) is 18.0. The van der Waals surface area contributed by atoms with Crippen molar-refractivity contribution in [1.29, 1.82) is 0 Å². The molecule has 3 rings (SSSR count). The van der Waals surface area contributed by atoms with Gasteiger partial charge in [0.2, 0.25) is 6.33 Å². The second-order valence-corrected chi connectivity index (χ2v) is 11.8. The second-order valence-electron chi connectivity index (χ2n) is 11.8. The molecular formula is C35H53N2+. The zero-order valence-electron chi connectivity index (χ0n) is 24.2. The van der Waals surface area contributed by atoms with Crippen molar-refractivity contribution in [2.75, 3.05) is 0 Å². The van der Waals surface area contributed by atoms with Crippen LogP contribution in [-0.2, 0) is 18.4 Å². The third-order valence-electron chi connectivity index (χ3n) is 8.18. The zero-order chi connectivity index (χ0) is 26.3. The molecule has 2 heteroatoms. The molecule has 0 spiro atoms. The van der Waals surface area contributed by atoms with E-state index in [1.165, 1.54) is 81.8 Å². The van der Waals surface area contributed by atoms with Crippen LogP contribution in [0.5, 0.6) is 0 Å². The first-order valence-electron chi connectivity index (χ1n) is 15.2. The summed E-state index contributed by atoms with van der Waals surface area (Å²) in [5.41, 5.74) is 2.81. The average Bonchev–Trinajstić information content (AvgIpc) is 3.36. The molecule has 0 N–H and O–H groups in total. The van der Waals surface area contributed by atoms with Gasteiger partial charge in [-0.2, -0.15) is 0 Å². The van der Waals surface area contributed by atoms with E-state index in [0.29, 0.717) is 12.0 Å². The fourth-order valence-corrected chi connectivity index (χ4v) is 6.29. The van der Waals surface area contributed by atoms with E-state index >= 15 is 0 Å². The van der Waals surface area contributed by atoms with Gasteiger partial charge in [-0.25, -0.2) is 9.13 Å². The van der Waals surface area contributed by atoms with Gasteiger partial charge < -0.3 is 0 Å². The van der Waals surface area contributed by atoms with Crippen molar-refractivity contribution < 1.29 is 4.57 Å². The number of aromatic nitrogens is 2. The van der Waals surface area contributed by atoms with Gasteiger partial charge in [-0.3, -0.25) is 0 Å². The van der Waals surface area contributed by atoms with Crippen LogP contribution >= 0.6 is 0 Å². The van der Waals surface area contributed by atoms with Crippen LogP contribution in [0.25, 0.3) is 0 Å². The van der Waals surface area contributed by atoms with Crippen LogP contribution < -0.4 is 4.57 Å². The van der Waals surface area contributed by atoms with Crippen LogP contribution in [0.4, 0.5) is 0 Å². The summed E-state index contributed by atoms with van der Waals surface area (Å²) in [7, 11) is 0. The van der Waals surface area contributed by atoms with Gasteiger partial charge in [0.05, 0.1) is 6.54 Å². The second kappa shape index (κ2) is 15.8. The number of aryl methyl sites for hydroxylation is 1. The smallest absolute Gasteiger partial charge is 0.237 e. The number of unbranched alkanes of at least 4 members (excludes halogenated alkanes) is 10. The minimum atomic E-state index is -0.00975. The van der Waals surface area contributed by atoms with Crippen LogP contribution in [0, 0.1) is 5.92 Å². The summed E-state index contributed by atoms with van der Waals surface area (Å²) in [5, 5.41) is 0. The summed E-state index contributed by atoms with van der Waals surface area (Å²) in [6, 6.07) is 22.5. The molecule has 2 unspecified atom stereocenters. The Bertz CT molecular complexity index is 975. The summed E-state index contributed by atoms with van der Waals surface area (Å²) in [4.78, 5) is 0. The normalized spacial score (nSPS) is 14.1. The molecule has 1 heterocycles. The van der Waals surface area contributed by atoms with Crippen molar-refractivity contribution in [3.05, 3.63) is 90.5 Å². The Labute approximate surface area is 228 Å². The quantitative estimate of drug-likeness (QED) is 0.121. The summed E-state index contributed by atoms with van der Waals surface area (Å²) < 4.78 is 4.91. The van der Waals surface area contributed by atoms with Crippen molar-refractivity contribution in [1.82, 2.24) is 4.57 Å². The van der Waals surface area contributed by atoms with Gasteiger partial charge in [0, 0.05) is 5.41 Å². The Morgan fingerprint density at radius 3 is 1.84 bits per heavy atom. The first kappa shape index (κ1) is 29.2. The predicted molar refractivity (Wildman–Crippen MR) is 159 cm³/mol. The summed E-state index contributed by atoms with van der Waals surface area (Å²) in [6.45, 7) is 10.6. The minimum absolute atomic E-state index is 0.00975. The monoisotopic (exact) mass is 501 g/mol. The molecule has 0 saturated heterocycles. The van der Waals surface area contributed by atoms with E-state index in [0.717, 1.165) is 13.0 Å². The van der Waals surface area contributed by atoms with E-state index in [-0.39, 0.29) is 5.41 Å². The lowest BCUT2D eigenvalue weighted by Gasteiger charge is -2.38. The Morgan fingerprint density at radius 2 is 1.27 bits per heavy atom. The van der Waals surface area contributed by atoms with Crippen molar-refractivity contribution >= 4 is 0 Å². The van der Waals surface area contributed by atoms with Crippen molar-refractivity contribution in [3.8, 4) is 0 Å². The zero-order valence-corrected chi connectivity index (χ0v) is 24.2. The lowest BCUT2D eigenvalue weighted by molar-refractivity contribution is -0.697. The maximum absolute atomic E-state index is 2.50. The summed E-state index contributed by atoms with van der Waals surface area (Å²) in [5.74, 6) is 0.511. The Morgan fingerprint density at radius 1 is 0.730 bits per heavy atom. The highest BCUT2D eigenvalue weighted by Crippen LogP contribution is 2.42. The van der Waals surface area contributed by atoms with E-state index in [9.17, 15) is 0 Å². The topological polar surface area (TPSA) is 8.81 Å². The third-order valence-corrected chi connectivity index (χ3v) is 8.18. The van der Waals surface area contributed by atoms with Gasteiger partial charge in [-0.15, -0.1) is 0 Å². The van der Waals surface area contributed by atoms with Gasteiger partial charge in [-0.1, -0.05) is 146 Å². The predicted octanol–water partition coefficient (Wildman–Crippen LogP) is 9.48. The van der Waals surface area contributed by atoms with Gasteiger partial charge in [0.25, 0.3) is 0 Å². The number of rotatable bonds is 18. The fraction of sp³-hybridized carbons (Fsp3) is 0.571. The van der Waals surface area contributed by atoms with Crippen molar-refractivity contribution in [2.45, 2.75) is 123 Å². The maximum Gasteiger partial charge on any atom is 0.244 e. The van der Waals surface area contributed by atoms with Crippen molar-refractivity contribution in [3.63, 3.8) is 0 Å². The standard InChI is InChI=1S/C35H53N2/c1-5-6-7-8-9-10-11-12-13-14-21-26-36-27-28-37(30-36)34(31(2)3)35(4,33-24-19-16-20-25-33)29-32-22-17-15-18-23-32/h15-20,22-25,27-28,30-31,34H,5-14,21,26,29H2,1-4H3/q+1. The van der Waals surface area contributed by atoms with Crippen LogP contribution in [-0.4, -0.2) is 4.57 Å². The third kappa shape index (κ3) is 9.16. The van der Waals surface area contributed by atoms with E-state index in [4.69, 9.17) is 0 Å². The lowest BCUT2D eigenvalue weighted by Crippen LogP contribution is -2.40. The Balaban J connectivity index is 1.58. The molecule has 37 heavy (non-hydrogen) atoms. The van der Waals surface area contributed by atoms with Gasteiger partial charge in [0.15, 0.2) is 0 Å². The number of hydrogen-bond acceptors (Lipinski definition) is 0. The molecule has 0 saturated carbocycles. The van der Waals surface area contributed by atoms with Gasteiger partial charge >= 0.3 is 0 Å². The fourth-order valence-electron chi connectivity index (χ4n) is 6.29. The highest BCUT2D eigenvalue weighted by Gasteiger charge is 2.42. The molecule has 2 nitrogen and oxygen atoms in total. The molecule has 0 aliphatic rings. The number of benzene rings is 2. The Kier molecular flexibility index (Phi) is 12.5. The molecule has 202 valence electrons. The number of nitrogens with zero attached hydrogens (tertiary/aromatic N) is 2. The van der Waals surface area contributed by atoms with E-state index in [1.54, 1.807) is 0 Å². The Hall–Kier alpha value is -2.35. The summed E-state index contributed by atoms with van der Waals surface area (Å²) >= 11 is 0. The minimum Gasteiger partial charge on any atom is -0.237 e. The molecule has 2 aromatic carbocycles. The van der Waals surface area contributed by atoms with Crippen LogP contribution in [0.2, 0.25) is 0 Å². The SMILES string of the molecule is CCCCCCCCCCCCC[n+]1ccn(C(C(C)C)C(C)(Cc2ccccc2)c2ccccc2)c1. The number of hydrogen-bond donors (Lipinski definition) is 0. The first-order valence-corrected chi connectivity index (χ1v) is 15.2. The molecule has 0 bridgehead atoms. The molecule has 0 radical (unpaired) electrons. The van der Waals surface area contributed by atoms with Crippen LogP contribution in [0.3, 0.4) is 0 Å². The number of imidazole rings is 1. The van der Waals surface area contributed by atoms with E-state index in [2.05, 4.69) is 116 Å². The lowest BCUT2D eigenvalue weighted by atomic mass is 9.68. The molecule has 0 amide bonds. The molecule has 1 aromatic heterocycles. The van der Waals surface area contributed by atoms with Gasteiger partial charge in [0.1, 0.15) is 18.4 Å². The van der Waals surface area contributed by atoms with E-state index in [1.807, 2.05) is 0 Å².